The summed E-state index contributed by atoms with van der Waals surface area (Å²) in [6.45, 7) is 2.11. The Balaban J connectivity index is 1.90. The number of likely N-dealkylation sites (N-methyl/N-ethyl adjacent to an activating group) is 1. The minimum absolute atomic E-state index is 0.000419. The van der Waals surface area contributed by atoms with Crippen LogP contribution in [0.3, 0.4) is 0 Å². The Hall–Kier alpha value is -1.71. The van der Waals surface area contributed by atoms with Crippen molar-refractivity contribution in [2.45, 2.75) is 43.0 Å². The summed E-state index contributed by atoms with van der Waals surface area (Å²) in [5, 5.41) is 11.7. The summed E-state index contributed by atoms with van der Waals surface area (Å²) in [6.07, 6.45) is 5.47. The zero-order valence-electron chi connectivity index (χ0n) is 16.0. The minimum atomic E-state index is -3.73. The van der Waals surface area contributed by atoms with Gasteiger partial charge in [0.25, 0.3) is 5.69 Å². The van der Waals surface area contributed by atoms with Gasteiger partial charge in [0, 0.05) is 45.3 Å². The molecule has 2 fully saturated rings. The molecule has 8 nitrogen and oxygen atoms in total. The van der Waals surface area contributed by atoms with Crippen LogP contribution in [0.25, 0.3) is 0 Å². The molecule has 1 heterocycles. The number of benzene rings is 1. The first-order valence-electron chi connectivity index (χ1n) is 9.50. The van der Waals surface area contributed by atoms with E-state index in [1.807, 2.05) is 19.0 Å². The molecular weight excluding hydrogens is 368 g/mol. The van der Waals surface area contributed by atoms with Gasteiger partial charge in [-0.1, -0.05) is 19.3 Å². The molecule has 1 saturated heterocycles. The zero-order chi connectivity index (χ0) is 19.6. The number of anilines is 1. The highest BCUT2D eigenvalue weighted by Gasteiger charge is 2.31. The van der Waals surface area contributed by atoms with E-state index in [2.05, 4.69) is 4.90 Å². The van der Waals surface area contributed by atoms with Crippen molar-refractivity contribution in [1.29, 1.82) is 0 Å². The number of nitrogens with zero attached hydrogens (tertiary/aromatic N) is 4. The molecule has 1 aliphatic heterocycles. The van der Waals surface area contributed by atoms with E-state index in [1.54, 1.807) is 6.07 Å². The smallest absolute Gasteiger partial charge is 0.293 e. The molecular formula is C18H28N4O4S. The van der Waals surface area contributed by atoms with Gasteiger partial charge in [0.2, 0.25) is 10.0 Å². The first kappa shape index (κ1) is 20.0. The lowest BCUT2D eigenvalue weighted by Crippen LogP contribution is -2.47. The van der Waals surface area contributed by atoms with Crippen LogP contribution in [0.4, 0.5) is 11.4 Å². The molecule has 0 spiro atoms. The maximum Gasteiger partial charge on any atom is 0.293 e. The molecule has 3 rings (SSSR count). The van der Waals surface area contributed by atoms with Crippen LogP contribution < -0.4 is 4.90 Å². The van der Waals surface area contributed by atoms with E-state index in [-0.39, 0.29) is 16.6 Å². The van der Waals surface area contributed by atoms with Gasteiger partial charge < -0.3 is 9.80 Å². The molecule has 1 saturated carbocycles. The number of rotatable bonds is 5. The van der Waals surface area contributed by atoms with Crippen LogP contribution >= 0.6 is 0 Å². The average Bonchev–Trinajstić information content (AvgIpc) is 2.68. The van der Waals surface area contributed by atoms with Crippen molar-refractivity contribution < 1.29 is 13.3 Å². The van der Waals surface area contributed by atoms with Crippen LogP contribution in [0.1, 0.15) is 32.1 Å². The number of sulfonamides is 1. The molecule has 0 atom stereocenters. The van der Waals surface area contributed by atoms with Gasteiger partial charge >= 0.3 is 0 Å². The molecule has 0 N–H and O–H groups in total. The summed E-state index contributed by atoms with van der Waals surface area (Å²) in [7, 11) is 0.0920. The molecule has 0 bridgehead atoms. The van der Waals surface area contributed by atoms with Crippen molar-refractivity contribution in [3.05, 3.63) is 28.3 Å². The molecule has 1 aromatic carbocycles. The predicted molar refractivity (Wildman–Crippen MR) is 105 cm³/mol. The van der Waals surface area contributed by atoms with Crippen LogP contribution in [0.5, 0.6) is 0 Å². The lowest BCUT2D eigenvalue weighted by Gasteiger charge is -2.33. The number of nitro benzene ring substituents is 1. The Kier molecular flexibility index (Phi) is 6.02. The standard InChI is InChI=1S/C18H28N4O4S/c1-19-10-12-21(13-11-19)27(25,26)16-8-9-17(18(14-16)22(23)24)20(2)15-6-4-3-5-7-15/h8-9,14-15H,3-7,10-13H2,1-2H3. The topological polar surface area (TPSA) is 87.0 Å². The Morgan fingerprint density at radius 2 is 1.74 bits per heavy atom. The van der Waals surface area contributed by atoms with Crippen molar-refractivity contribution >= 4 is 21.4 Å². The fourth-order valence-corrected chi connectivity index (χ4v) is 5.39. The summed E-state index contributed by atoms with van der Waals surface area (Å²) in [6, 6.07) is 4.59. The van der Waals surface area contributed by atoms with Crippen molar-refractivity contribution in [3.63, 3.8) is 0 Å². The van der Waals surface area contributed by atoms with Gasteiger partial charge in [0.15, 0.2) is 0 Å². The first-order valence-corrected chi connectivity index (χ1v) is 10.9. The van der Waals surface area contributed by atoms with E-state index >= 15 is 0 Å². The van der Waals surface area contributed by atoms with Crippen LogP contribution in [0, 0.1) is 10.1 Å². The van der Waals surface area contributed by atoms with E-state index in [0.29, 0.717) is 31.9 Å². The summed E-state index contributed by atoms with van der Waals surface area (Å²) >= 11 is 0. The summed E-state index contributed by atoms with van der Waals surface area (Å²) in [5.41, 5.74) is 0.350. The first-order chi connectivity index (χ1) is 12.8. The van der Waals surface area contributed by atoms with Crippen LogP contribution in [0.2, 0.25) is 0 Å². The number of nitro groups is 1. The van der Waals surface area contributed by atoms with Gasteiger partial charge in [-0.05, 0) is 32.0 Å². The van der Waals surface area contributed by atoms with Gasteiger partial charge in [-0.25, -0.2) is 8.42 Å². The third-order valence-corrected chi connectivity index (χ3v) is 7.64. The van der Waals surface area contributed by atoms with Gasteiger partial charge in [-0.3, -0.25) is 10.1 Å². The summed E-state index contributed by atoms with van der Waals surface area (Å²) in [5.74, 6) is 0. The SMILES string of the molecule is CN1CCN(S(=O)(=O)c2ccc(N(C)C3CCCCC3)c([N+](=O)[O-])c2)CC1. The lowest BCUT2D eigenvalue weighted by molar-refractivity contribution is -0.384. The number of hydrogen-bond acceptors (Lipinski definition) is 6. The van der Waals surface area contributed by atoms with E-state index in [1.165, 1.54) is 22.9 Å². The molecule has 150 valence electrons. The third-order valence-electron chi connectivity index (χ3n) is 5.75. The van der Waals surface area contributed by atoms with E-state index in [4.69, 9.17) is 0 Å². The van der Waals surface area contributed by atoms with E-state index in [9.17, 15) is 18.5 Å². The van der Waals surface area contributed by atoms with Gasteiger partial charge in [-0.2, -0.15) is 4.31 Å². The highest BCUT2D eigenvalue weighted by molar-refractivity contribution is 7.89. The molecule has 0 amide bonds. The Morgan fingerprint density at radius 1 is 1.11 bits per heavy atom. The maximum atomic E-state index is 12.9. The molecule has 0 radical (unpaired) electrons. The second-order valence-electron chi connectivity index (χ2n) is 7.52. The average molecular weight is 397 g/mol. The van der Waals surface area contributed by atoms with E-state index in [0.717, 1.165) is 25.7 Å². The largest absolute Gasteiger partial charge is 0.366 e. The normalized spacial score (nSPS) is 20.5. The van der Waals surface area contributed by atoms with Crippen molar-refractivity contribution in [3.8, 4) is 0 Å². The molecule has 1 aliphatic carbocycles. The summed E-state index contributed by atoms with van der Waals surface area (Å²) < 4.78 is 27.3. The van der Waals surface area contributed by atoms with Crippen LogP contribution in [-0.4, -0.2) is 68.9 Å². The fraction of sp³-hybridized carbons (Fsp3) is 0.667. The van der Waals surface area contributed by atoms with Gasteiger partial charge in [0.1, 0.15) is 5.69 Å². The Labute approximate surface area is 160 Å². The van der Waals surface area contributed by atoms with Gasteiger partial charge in [0.05, 0.1) is 9.82 Å². The molecule has 2 aliphatic rings. The Bertz CT molecular complexity index is 785. The molecule has 27 heavy (non-hydrogen) atoms. The van der Waals surface area contributed by atoms with Crippen LogP contribution in [-0.2, 0) is 10.0 Å². The molecule has 9 heteroatoms. The fourth-order valence-electron chi connectivity index (χ4n) is 3.95. The third kappa shape index (κ3) is 4.25. The Morgan fingerprint density at radius 3 is 2.33 bits per heavy atom. The zero-order valence-corrected chi connectivity index (χ0v) is 16.8. The highest BCUT2D eigenvalue weighted by atomic mass is 32.2. The molecule has 0 aromatic heterocycles. The second-order valence-corrected chi connectivity index (χ2v) is 9.46. The highest BCUT2D eigenvalue weighted by Crippen LogP contribution is 2.35. The number of piperazine rings is 1. The monoisotopic (exact) mass is 396 g/mol. The lowest BCUT2D eigenvalue weighted by atomic mass is 9.94. The van der Waals surface area contributed by atoms with Crippen molar-refractivity contribution in [2.24, 2.45) is 0 Å². The van der Waals surface area contributed by atoms with Crippen molar-refractivity contribution in [2.75, 3.05) is 45.2 Å². The maximum absolute atomic E-state index is 12.9. The number of hydrogen-bond donors (Lipinski definition) is 0. The molecule has 1 aromatic rings. The van der Waals surface area contributed by atoms with E-state index < -0.39 is 14.9 Å². The quantitative estimate of drug-likeness (QED) is 0.561. The predicted octanol–water partition coefficient (Wildman–Crippen LogP) is 2.30. The van der Waals surface area contributed by atoms with Gasteiger partial charge in [-0.15, -0.1) is 0 Å². The second kappa shape index (κ2) is 8.12. The minimum Gasteiger partial charge on any atom is -0.366 e. The molecule has 0 unspecified atom stereocenters. The van der Waals surface area contributed by atoms with Crippen molar-refractivity contribution in [1.82, 2.24) is 9.21 Å². The van der Waals surface area contributed by atoms with Crippen LogP contribution in [0.15, 0.2) is 23.1 Å². The summed E-state index contributed by atoms with van der Waals surface area (Å²) in [4.78, 5) is 15.2.